The van der Waals surface area contributed by atoms with Crippen LogP contribution in [-0.2, 0) is 17.7 Å². The highest BCUT2D eigenvalue weighted by molar-refractivity contribution is 14.0. The molecule has 1 aromatic rings. The van der Waals surface area contributed by atoms with E-state index in [-0.39, 0.29) is 30.0 Å². The van der Waals surface area contributed by atoms with Gasteiger partial charge in [0.05, 0.1) is 23.9 Å². The molecule has 1 unspecified atom stereocenters. The van der Waals surface area contributed by atoms with Crippen LogP contribution in [-0.4, -0.2) is 37.7 Å². The molecule has 110 valence electrons. The summed E-state index contributed by atoms with van der Waals surface area (Å²) in [4.78, 5) is 8.67. The number of nitrogens with zero attached hydrogens (tertiary/aromatic N) is 2. The number of ether oxygens (including phenoxy) is 1. The first-order chi connectivity index (χ1) is 8.69. The first kappa shape index (κ1) is 18.6. The summed E-state index contributed by atoms with van der Waals surface area (Å²) in [5, 5.41) is 9.74. The fourth-order valence-electron chi connectivity index (χ4n) is 1.49. The Morgan fingerprint density at radius 1 is 1.58 bits per heavy atom. The number of halogens is 1. The Balaban J connectivity index is 0.00000324. The van der Waals surface area contributed by atoms with Crippen LogP contribution in [0.25, 0.3) is 0 Å². The molecule has 0 aliphatic carbocycles. The standard InChI is InChI=1S/C12H22N4OS.HI/c1-5-11-16-10(8-18-11)6-14-12(13-3)15-9(2)7-17-4;/h8-9H,5-7H2,1-4H3,(H2,13,14,15);1H. The molecular formula is C12H23IN4OS. The third kappa shape index (κ3) is 7.07. The molecule has 5 nitrogen and oxygen atoms in total. The van der Waals surface area contributed by atoms with E-state index in [0.717, 1.165) is 18.1 Å². The van der Waals surface area contributed by atoms with Crippen molar-refractivity contribution < 1.29 is 4.74 Å². The highest BCUT2D eigenvalue weighted by Crippen LogP contribution is 2.09. The minimum absolute atomic E-state index is 0. The van der Waals surface area contributed by atoms with Crippen molar-refractivity contribution in [2.75, 3.05) is 20.8 Å². The molecule has 0 saturated heterocycles. The lowest BCUT2D eigenvalue weighted by Crippen LogP contribution is -2.43. The van der Waals surface area contributed by atoms with E-state index in [1.165, 1.54) is 5.01 Å². The molecule has 0 saturated carbocycles. The predicted octanol–water partition coefficient (Wildman–Crippen LogP) is 2.02. The van der Waals surface area contributed by atoms with E-state index in [1.54, 1.807) is 25.5 Å². The van der Waals surface area contributed by atoms with E-state index in [4.69, 9.17) is 4.74 Å². The van der Waals surface area contributed by atoms with E-state index in [1.807, 2.05) is 6.92 Å². The van der Waals surface area contributed by atoms with Gasteiger partial charge in [0.25, 0.3) is 0 Å². The lowest BCUT2D eigenvalue weighted by atomic mass is 10.4. The van der Waals surface area contributed by atoms with Crippen LogP contribution in [0.5, 0.6) is 0 Å². The van der Waals surface area contributed by atoms with E-state index in [9.17, 15) is 0 Å². The van der Waals surface area contributed by atoms with Crippen LogP contribution < -0.4 is 10.6 Å². The average molecular weight is 398 g/mol. The first-order valence-electron chi connectivity index (χ1n) is 6.09. The van der Waals surface area contributed by atoms with Crippen molar-refractivity contribution in [2.24, 2.45) is 4.99 Å². The lowest BCUT2D eigenvalue weighted by Gasteiger charge is -2.16. The monoisotopic (exact) mass is 398 g/mol. The first-order valence-corrected chi connectivity index (χ1v) is 6.97. The van der Waals surface area contributed by atoms with Gasteiger partial charge in [0, 0.05) is 25.6 Å². The zero-order valence-electron chi connectivity index (χ0n) is 11.9. The Hall–Kier alpha value is -0.410. The van der Waals surface area contributed by atoms with Crippen LogP contribution in [0.4, 0.5) is 0 Å². The summed E-state index contributed by atoms with van der Waals surface area (Å²) in [6.07, 6.45) is 0.989. The van der Waals surface area contributed by atoms with Crippen LogP contribution >= 0.6 is 35.3 Å². The third-order valence-corrected chi connectivity index (χ3v) is 3.40. The van der Waals surface area contributed by atoms with Crippen molar-refractivity contribution in [2.45, 2.75) is 32.9 Å². The number of aromatic nitrogens is 1. The number of thiazole rings is 1. The maximum absolute atomic E-state index is 5.07. The Bertz CT molecular complexity index is 384. The SMILES string of the molecule is CCc1nc(CNC(=NC)NC(C)COC)cs1.I. The van der Waals surface area contributed by atoms with Crippen molar-refractivity contribution >= 4 is 41.3 Å². The Morgan fingerprint density at radius 2 is 2.32 bits per heavy atom. The maximum Gasteiger partial charge on any atom is 0.191 e. The second-order valence-electron chi connectivity index (χ2n) is 4.01. The highest BCUT2D eigenvalue weighted by atomic mass is 127. The number of hydrogen-bond donors (Lipinski definition) is 2. The summed E-state index contributed by atoms with van der Waals surface area (Å²) >= 11 is 1.70. The number of hydrogen-bond acceptors (Lipinski definition) is 4. The van der Waals surface area contributed by atoms with Gasteiger partial charge in [-0.25, -0.2) is 4.98 Å². The molecule has 19 heavy (non-hydrogen) atoms. The summed E-state index contributed by atoms with van der Waals surface area (Å²) in [7, 11) is 3.45. The zero-order chi connectivity index (χ0) is 13.4. The van der Waals surface area contributed by atoms with Crippen LogP contribution in [0, 0.1) is 0 Å². The summed E-state index contributed by atoms with van der Waals surface area (Å²) in [5.74, 6) is 0.769. The minimum atomic E-state index is 0. The zero-order valence-corrected chi connectivity index (χ0v) is 15.0. The Morgan fingerprint density at radius 3 is 2.84 bits per heavy atom. The van der Waals surface area contributed by atoms with Crippen molar-refractivity contribution in [3.8, 4) is 0 Å². The Labute approximate surface area is 136 Å². The smallest absolute Gasteiger partial charge is 0.191 e. The van der Waals surface area contributed by atoms with Crippen molar-refractivity contribution in [3.05, 3.63) is 16.1 Å². The topological polar surface area (TPSA) is 58.5 Å². The molecule has 7 heteroatoms. The Kier molecular flexibility index (Phi) is 10.2. The molecule has 0 bridgehead atoms. The van der Waals surface area contributed by atoms with Crippen molar-refractivity contribution in [3.63, 3.8) is 0 Å². The molecule has 0 aliphatic rings. The summed E-state index contributed by atoms with van der Waals surface area (Å²) in [5.41, 5.74) is 1.05. The molecule has 1 atom stereocenters. The van der Waals surface area contributed by atoms with Gasteiger partial charge in [-0.1, -0.05) is 6.92 Å². The molecular weight excluding hydrogens is 375 g/mol. The molecule has 0 radical (unpaired) electrons. The molecule has 0 spiro atoms. The second kappa shape index (κ2) is 10.4. The van der Waals surface area contributed by atoms with Gasteiger partial charge >= 0.3 is 0 Å². The lowest BCUT2D eigenvalue weighted by molar-refractivity contribution is 0.179. The molecule has 0 amide bonds. The van der Waals surface area contributed by atoms with E-state index < -0.39 is 0 Å². The summed E-state index contributed by atoms with van der Waals surface area (Å²) < 4.78 is 5.07. The van der Waals surface area contributed by atoms with Crippen molar-refractivity contribution in [1.82, 2.24) is 15.6 Å². The molecule has 0 aromatic carbocycles. The van der Waals surface area contributed by atoms with Crippen LogP contribution in [0.1, 0.15) is 24.5 Å². The third-order valence-electron chi connectivity index (χ3n) is 2.36. The van der Waals surface area contributed by atoms with Gasteiger partial charge in [-0.05, 0) is 13.3 Å². The van der Waals surface area contributed by atoms with Crippen molar-refractivity contribution in [1.29, 1.82) is 0 Å². The highest BCUT2D eigenvalue weighted by Gasteiger charge is 2.05. The molecule has 0 fully saturated rings. The maximum atomic E-state index is 5.07. The summed E-state index contributed by atoms with van der Waals surface area (Å²) in [6, 6.07) is 0.225. The number of guanidine groups is 1. The van der Waals surface area contributed by atoms with Gasteiger partial charge in [0.2, 0.25) is 0 Å². The quantitative estimate of drug-likeness (QED) is 0.438. The van der Waals surface area contributed by atoms with Gasteiger partial charge < -0.3 is 15.4 Å². The van der Waals surface area contributed by atoms with Gasteiger partial charge in [-0.15, -0.1) is 35.3 Å². The predicted molar refractivity (Wildman–Crippen MR) is 91.6 cm³/mol. The largest absolute Gasteiger partial charge is 0.383 e. The minimum Gasteiger partial charge on any atom is -0.383 e. The normalized spacial score (nSPS) is 12.7. The van der Waals surface area contributed by atoms with E-state index in [0.29, 0.717) is 13.2 Å². The number of rotatable bonds is 6. The summed E-state index contributed by atoms with van der Waals surface area (Å²) in [6.45, 7) is 5.50. The van der Waals surface area contributed by atoms with Crippen LogP contribution in [0.15, 0.2) is 10.4 Å². The molecule has 1 aromatic heterocycles. The number of nitrogens with one attached hydrogen (secondary N) is 2. The fraction of sp³-hybridized carbons (Fsp3) is 0.667. The molecule has 0 aliphatic heterocycles. The van der Waals surface area contributed by atoms with Gasteiger partial charge in [0.1, 0.15) is 0 Å². The van der Waals surface area contributed by atoms with E-state index >= 15 is 0 Å². The molecule has 1 heterocycles. The van der Waals surface area contributed by atoms with E-state index in [2.05, 4.69) is 32.9 Å². The number of aryl methyl sites for hydroxylation is 1. The van der Waals surface area contributed by atoms with Crippen LogP contribution in [0.2, 0.25) is 0 Å². The van der Waals surface area contributed by atoms with Gasteiger partial charge in [-0.3, -0.25) is 4.99 Å². The molecule has 1 rings (SSSR count). The molecule has 2 N–H and O–H groups in total. The second-order valence-corrected chi connectivity index (χ2v) is 4.96. The van der Waals surface area contributed by atoms with Gasteiger partial charge in [0.15, 0.2) is 5.96 Å². The van der Waals surface area contributed by atoms with Crippen LogP contribution in [0.3, 0.4) is 0 Å². The average Bonchev–Trinajstić information content (AvgIpc) is 2.82. The number of aliphatic imine (C=N–C) groups is 1. The van der Waals surface area contributed by atoms with Gasteiger partial charge in [-0.2, -0.15) is 0 Å². The number of methoxy groups -OCH3 is 1. The fourth-order valence-corrected chi connectivity index (χ4v) is 2.23.